The SMILES string of the molecule is CC1Cc2cc(C(=O)O)c(Cl)nc2C(C)C1. The smallest absolute Gasteiger partial charge is 0.338 e. The number of aromatic carboxylic acids is 1. The lowest BCUT2D eigenvalue weighted by Gasteiger charge is -2.26. The zero-order valence-corrected chi connectivity index (χ0v) is 10.1. The molecular formula is C12H14ClNO2. The van der Waals surface area contributed by atoms with Gasteiger partial charge in [0.25, 0.3) is 0 Å². The molecule has 0 aliphatic heterocycles. The van der Waals surface area contributed by atoms with Gasteiger partial charge >= 0.3 is 5.97 Å². The highest BCUT2D eigenvalue weighted by Gasteiger charge is 2.25. The van der Waals surface area contributed by atoms with Gasteiger partial charge in [0, 0.05) is 5.69 Å². The highest BCUT2D eigenvalue weighted by Crippen LogP contribution is 2.34. The third-order valence-electron chi connectivity index (χ3n) is 3.11. The second kappa shape index (κ2) is 4.06. The third-order valence-corrected chi connectivity index (χ3v) is 3.40. The van der Waals surface area contributed by atoms with Gasteiger partial charge in [-0.25, -0.2) is 9.78 Å². The molecule has 4 heteroatoms. The fraction of sp³-hybridized carbons (Fsp3) is 0.500. The molecule has 2 unspecified atom stereocenters. The molecule has 1 N–H and O–H groups in total. The fourth-order valence-electron chi connectivity index (χ4n) is 2.46. The van der Waals surface area contributed by atoms with E-state index in [-0.39, 0.29) is 10.7 Å². The van der Waals surface area contributed by atoms with Crippen LogP contribution >= 0.6 is 11.6 Å². The predicted molar refractivity (Wildman–Crippen MR) is 62.1 cm³/mol. The predicted octanol–water partition coefficient (Wildman–Crippen LogP) is 3.12. The molecule has 2 rings (SSSR count). The number of carboxylic acids is 1. The molecular weight excluding hydrogens is 226 g/mol. The third kappa shape index (κ3) is 1.92. The van der Waals surface area contributed by atoms with Crippen molar-refractivity contribution in [3.63, 3.8) is 0 Å². The number of carboxylic acid groups (broad SMARTS) is 1. The van der Waals surface area contributed by atoms with Gasteiger partial charge in [-0.15, -0.1) is 0 Å². The van der Waals surface area contributed by atoms with Gasteiger partial charge in [-0.05, 0) is 36.3 Å². The van der Waals surface area contributed by atoms with Crippen molar-refractivity contribution in [2.75, 3.05) is 0 Å². The van der Waals surface area contributed by atoms with Gasteiger partial charge in [-0.2, -0.15) is 0 Å². The molecule has 1 aliphatic rings. The summed E-state index contributed by atoms with van der Waals surface area (Å²) in [5.74, 6) is -0.0719. The molecule has 0 radical (unpaired) electrons. The molecule has 1 aliphatic carbocycles. The molecule has 0 fully saturated rings. The van der Waals surface area contributed by atoms with Crippen molar-refractivity contribution in [2.24, 2.45) is 5.92 Å². The number of nitrogens with zero attached hydrogens (tertiary/aromatic N) is 1. The van der Waals surface area contributed by atoms with E-state index >= 15 is 0 Å². The first-order chi connectivity index (χ1) is 7.49. The number of halogens is 1. The minimum absolute atomic E-state index is 0.104. The lowest BCUT2D eigenvalue weighted by Crippen LogP contribution is -2.18. The van der Waals surface area contributed by atoms with Gasteiger partial charge in [0.2, 0.25) is 0 Å². The molecule has 0 aromatic carbocycles. The molecule has 1 heterocycles. The van der Waals surface area contributed by atoms with E-state index in [1.807, 2.05) is 0 Å². The number of carbonyl (C=O) groups is 1. The maximum atomic E-state index is 10.9. The zero-order chi connectivity index (χ0) is 11.9. The van der Waals surface area contributed by atoms with Crippen molar-refractivity contribution in [1.29, 1.82) is 0 Å². The standard InChI is InChI=1S/C12H14ClNO2/c1-6-3-7(2)10-8(4-6)5-9(12(15)16)11(13)14-10/h5-7H,3-4H2,1-2H3,(H,15,16). The molecule has 0 bridgehead atoms. The summed E-state index contributed by atoms with van der Waals surface area (Å²) in [6.45, 7) is 4.28. The summed E-state index contributed by atoms with van der Waals surface area (Å²) in [6.07, 6.45) is 1.98. The van der Waals surface area contributed by atoms with Crippen LogP contribution in [0.5, 0.6) is 0 Å². The van der Waals surface area contributed by atoms with Gasteiger partial charge < -0.3 is 5.11 Å². The van der Waals surface area contributed by atoms with Crippen LogP contribution in [-0.2, 0) is 6.42 Å². The number of fused-ring (bicyclic) bond motifs is 1. The van der Waals surface area contributed by atoms with Gasteiger partial charge in [0.05, 0.1) is 5.56 Å². The van der Waals surface area contributed by atoms with E-state index in [1.54, 1.807) is 6.07 Å². The number of hydrogen-bond donors (Lipinski definition) is 1. The summed E-state index contributed by atoms with van der Waals surface area (Å²) in [5.41, 5.74) is 2.11. The van der Waals surface area contributed by atoms with Gasteiger partial charge in [-0.1, -0.05) is 25.4 Å². The fourth-order valence-corrected chi connectivity index (χ4v) is 2.69. The molecule has 1 aromatic rings. The van der Waals surface area contributed by atoms with E-state index in [0.717, 1.165) is 24.1 Å². The van der Waals surface area contributed by atoms with Crippen LogP contribution in [0.1, 0.15) is 47.8 Å². The monoisotopic (exact) mass is 239 g/mol. The average Bonchev–Trinajstić information content (AvgIpc) is 2.18. The van der Waals surface area contributed by atoms with E-state index in [0.29, 0.717) is 11.8 Å². The normalized spacial score (nSPS) is 23.9. The summed E-state index contributed by atoms with van der Waals surface area (Å²) in [5, 5.41) is 9.08. The molecule has 1 aromatic heterocycles. The highest BCUT2D eigenvalue weighted by molar-refractivity contribution is 6.32. The van der Waals surface area contributed by atoms with Crippen LogP contribution in [0, 0.1) is 5.92 Å². The number of pyridine rings is 1. The quantitative estimate of drug-likeness (QED) is 0.766. The second-order valence-corrected chi connectivity index (χ2v) is 4.98. The molecule has 2 atom stereocenters. The Balaban J connectivity index is 2.52. The Labute approximate surface area is 99.5 Å². The van der Waals surface area contributed by atoms with E-state index in [9.17, 15) is 4.79 Å². The van der Waals surface area contributed by atoms with Crippen LogP contribution in [0.25, 0.3) is 0 Å². The zero-order valence-electron chi connectivity index (χ0n) is 9.33. The van der Waals surface area contributed by atoms with Crippen molar-refractivity contribution in [3.05, 3.63) is 28.0 Å². The topological polar surface area (TPSA) is 50.2 Å². The first-order valence-corrected chi connectivity index (χ1v) is 5.79. The lowest BCUT2D eigenvalue weighted by atomic mass is 9.81. The molecule has 0 saturated heterocycles. The van der Waals surface area contributed by atoms with Crippen LogP contribution in [-0.4, -0.2) is 16.1 Å². The molecule has 3 nitrogen and oxygen atoms in total. The Kier molecular flexibility index (Phi) is 2.89. The second-order valence-electron chi connectivity index (χ2n) is 4.62. The Morgan fingerprint density at radius 2 is 2.25 bits per heavy atom. The van der Waals surface area contributed by atoms with Gasteiger partial charge in [-0.3, -0.25) is 0 Å². The molecule has 16 heavy (non-hydrogen) atoms. The summed E-state index contributed by atoms with van der Waals surface area (Å²) in [6, 6.07) is 1.68. The summed E-state index contributed by atoms with van der Waals surface area (Å²) in [7, 11) is 0. The first-order valence-electron chi connectivity index (χ1n) is 5.41. The largest absolute Gasteiger partial charge is 0.478 e. The van der Waals surface area contributed by atoms with E-state index in [1.165, 1.54) is 0 Å². The van der Waals surface area contributed by atoms with Gasteiger partial charge in [0.15, 0.2) is 0 Å². The average molecular weight is 240 g/mol. The minimum atomic E-state index is -1.01. The Hall–Kier alpha value is -1.09. The first kappa shape index (κ1) is 11.4. The number of aromatic nitrogens is 1. The summed E-state index contributed by atoms with van der Waals surface area (Å²) >= 11 is 5.87. The van der Waals surface area contributed by atoms with Crippen LogP contribution in [0.15, 0.2) is 6.07 Å². The number of hydrogen-bond acceptors (Lipinski definition) is 2. The Bertz CT molecular complexity index is 445. The van der Waals surface area contributed by atoms with Crippen LogP contribution in [0.4, 0.5) is 0 Å². The van der Waals surface area contributed by atoms with Crippen molar-refractivity contribution >= 4 is 17.6 Å². The Morgan fingerprint density at radius 1 is 1.56 bits per heavy atom. The highest BCUT2D eigenvalue weighted by atomic mass is 35.5. The molecule has 0 saturated carbocycles. The molecule has 86 valence electrons. The van der Waals surface area contributed by atoms with E-state index < -0.39 is 5.97 Å². The van der Waals surface area contributed by atoms with Crippen molar-refractivity contribution in [3.8, 4) is 0 Å². The molecule has 0 amide bonds. The van der Waals surface area contributed by atoms with Crippen molar-refractivity contribution in [1.82, 2.24) is 4.98 Å². The maximum absolute atomic E-state index is 10.9. The van der Waals surface area contributed by atoms with Crippen molar-refractivity contribution in [2.45, 2.75) is 32.6 Å². The van der Waals surface area contributed by atoms with Crippen molar-refractivity contribution < 1.29 is 9.90 Å². The maximum Gasteiger partial charge on any atom is 0.338 e. The van der Waals surface area contributed by atoms with Gasteiger partial charge in [0.1, 0.15) is 5.15 Å². The van der Waals surface area contributed by atoms with Crippen LogP contribution < -0.4 is 0 Å². The Morgan fingerprint density at radius 3 is 2.88 bits per heavy atom. The molecule has 0 spiro atoms. The summed E-state index contributed by atoms with van der Waals surface area (Å²) < 4.78 is 0. The minimum Gasteiger partial charge on any atom is -0.478 e. The lowest BCUT2D eigenvalue weighted by molar-refractivity contribution is 0.0696. The van der Waals surface area contributed by atoms with Crippen LogP contribution in [0.3, 0.4) is 0 Å². The van der Waals surface area contributed by atoms with E-state index in [2.05, 4.69) is 18.8 Å². The van der Waals surface area contributed by atoms with E-state index in [4.69, 9.17) is 16.7 Å². The van der Waals surface area contributed by atoms with Crippen LogP contribution in [0.2, 0.25) is 5.15 Å². The number of rotatable bonds is 1. The summed E-state index contributed by atoms with van der Waals surface area (Å²) in [4.78, 5) is 15.2.